The largest absolute Gasteiger partial charge is 0.370 e. The van der Waals surface area contributed by atoms with E-state index in [4.69, 9.17) is 4.74 Å². The standard InChI is InChI=1S/C20H26FNO2/c1-13(2)11-16-18(20(16,3)4)19(23)22-9-10-24-17(12-22)14-5-7-15(21)8-6-14/h5-8,11,16-18H,9-10,12H2,1-4H3/t16-,17+,18+/m1/s1. The quantitative estimate of drug-likeness (QED) is 0.785. The van der Waals surface area contributed by atoms with E-state index in [1.807, 2.05) is 4.90 Å². The molecule has 1 heterocycles. The highest BCUT2D eigenvalue weighted by molar-refractivity contribution is 5.84. The third-order valence-corrected chi connectivity index (χ3v) is 5.31. The summed E-state index contributed by atoms with van der Waals surface area (Å²) >= 11 is 0. The van der Waals surface area contributed by atoms with E-state index in [-0.39, 0.29) is 29.2 Å². The van der Waals surface area contributed by atoms with Gasteiger partial charge in [0.25, 0.3) is 0 Å². The molecule has 1 saturated heterocycles. The molecule has 0 unspecified atom stereocenters. The summed E-state index contributed by atoms with van der Waals surface area (Å²) in [7, 11) is 0. The van der Waals surface area contributed by atoms with Crippen molar-refractivity contribution in [1.82, 2.24) is 4.90 Å². The minimum absolute atomic E-state index is 0.0258. The van der Waals surface area contributed by atoms with Gasteiger partial charge in [-0.2, -0.15) is 0 Å². The molecule has 2 fully saturated rings. The van der Waals surface area contributed by atoms with Crippen LogP contribution in [0.1, 0.15) is 39.4 Å². The normalized spacial score (nSPS) is 28.4. The maximum absolute atomic E-state index is 13.1. The number of carbonyl (C=O) groups excluding carboxylic acids is 1. The first-order valence-electron chi connectivity index (χ1n) is 8.61. The van der Waals surface area contributed by atoms with Crippen LogP contribution in [0.15, 0.2) is 35.9 Å². The first-order chi connectivity index (χ1) is 11.3. The fraction of sp³-hybridized carbons (Fsp3) is 0.550. The molecule has 130 valence electrons. The van der Waals surface area contributed by atoms with Crippen molar-refractivity contribution in [3.05, 3.63) is 47.3 Å². The highest BCUT2D eigenvalue weighted by Gasteiger charge is 2.61. The maximum atomic E-state index is 13.1. The fourth-order valence-electron chi connectivity index (χ4n) is 3.74. The molecule has 1 amide bonds. The molecule has 3 nitrogen and oxygen atoms in total. The van der Waals surface area contributed by atoms with Crippen LogP contribution in [0.4, 0.5) is 4.39 Å². The summed E-state index contributed by atoms with van der Waals surface area (Å²) in [6.45, 7) is 10.2. The molecule has 1 aromatic rings. The number of morpholine rings is 1. The Morgan fingerprint density at radius 3 is 2.58 bits per heavy atom. The zero-order valence-corrected chi connectivity index (χ0v) is 14.9. The highest BCUT2D eigenvalue weighted by Crippen LogP contribution is 2.60. The minimum Gasteiger partial charge on any atom is -0.370 e. The number of hydrogen-bond acceptors (Lipinski definition) is 2. The van der Waals surface area contributed by atoms with Gasteiger partial charge >= 0.3 is 0 Å². The number of nitrogens with zero attached hydrogens (tertiary/aromatic N) is 1. The van der Waals surface area contributed by atoms with Crippen LogP contribution in [0.2, 0.25) is 0 Å². The van der Waals surface area contributed by atoms with E-state index in [0.29, 0.717) is 25.6 Å². The van der Waals surface area contributed by atoms with E-state index in [1.54, 1.807) is 12.1 Å². The summed E-state index contributed by atoms with van der Waals surface area (Å²) in [5, 5.41) is 0. The van der Waals surface area contributed by atoms with Crippen LogP contribution < -0.4 is 0 Å². The molecule has 1 aliphatic heterocycles. The molecular formula is C20H26FNO2. The van der Waals surface area contributed by atoms with Crippen LogP contribution in [0.3, 0.4) is 0 Å². The molecular weight excluding hydrogens is 305 g/mol. The Labute approximate surface area is 143 Å². The summed E-state index contributed by atoms with van der Waals surface area (Å²) in [5.74, 6) is 0.339. The molecule has 0 spiro atoms. The second-order valence-corrected chi connectivity index (χ2v) is 7.76. The molecule has 0 aromatic heterocycles. The number of halogens is 1. The maximum Gasteiger partial charge on any atom is 0.227 e. The highest BCUT2D eigenvalue weighted by atomic mass is 19.1. The number of ether oxygens (including phenoxy) is 1. The molecule has 24 heavy (non-hydrogen) atoms. The molecule has 0 bridgehead atoms. The third-order valence-electron chi connectivity index (χ3n) is 5.31. The van der Waals surface area contributed by atoms with Crippen molar-refractivity contribution in [3.8, 4) is 0 Å². The van der Waals surface area contributed by atoms with Gasteiger partial charge in [0.2, 0.25) is 5.91 Å². The van der Waals surface area contributed by atoms with E-state index in [1.165, 1.54) is 17.7 Å². The number of hydrogen-bond donors (Lipinski definition) is 0. The van der Waals surface area contributed by atoms with Crippen LogP contribution >= 0.6 is 0 Å². The van der Waals surface area contributed by atoms with E-state index < -0.39 is 0 Å². The molecule has 3 atom stereocenters. The predicted octanol–water partition coefficient (Wildman–Crippen LogP) is 3.96. The van der Waals surface area contributed by atoms with Gasteiger partial charge < -0.3 is 9.64 Å². The lowest BCUT2D eigenvalue weighted by Crippen LogP contribution is -2.43. The zero-order chi connectivity index (χ0) is 17.5. The van der Waals surface area contributed by atoms with Gasteiger partial charge in [0.15, 0.2) is 0 Å². The van der Waals surface area contributed by atoms with Crippen molar-refractivity contribution in [1.29, 1.82) is 0 Å². The number of benzene rings is 1. The third kappa shape index (κ3) is 3.25. The van der Waals surface area contributed by atoms with Gasteiger partial charge in [-0.05, 0) is 42.9 Å². The monoisotopic (exact) mass is 331 g/mol. The minimum atomic E-state index is -0.258. The molecule has 0 radical (unpaired) electrons. The Morgan fingerprint density at radius 1 is 1.29 bits per heavy atom. The second-order valence-electron chi connectivity index (χ2n) is 7.76. The molecule has 1 saturated carbocycles. The van der Waals surface area contributed by atoms with Crippen LogP contribution in [0, 0.1) is 23.1 Å². The lowest BCUT2D eigenvalue weighted by molar-refractivity contribution is -0.141. The number of amides is 1. The Kier molecular flexibility index (Phi) is 4.52. The summed E-state index contributed by atoms with van der Waals surface area (Å²) in [6.07, 6.45) is 2.05. The average molecular weight is 331 g/mol. The van der Waals surface area contributed by atoms with Crippen LogP contribution in [0.25, 0.3) is 0 Å². The molecule has 2 aliphatic rings. The number of allylic oxidation sites excluding steroid dienone is 2. The summed E-state index contributed by atoms with van der Waals surface area (Å²) < 4.78 is 18.9. The van der Waals surface area contributed by atoms with Crippen molar-refractivity contribution in [2.45, 2.75) is 33.8 Å². The summed E-state index contributed by atoms with van der Waals surface area (Å²) in [4.78, 5) is 14.9. The van der Waals surface area contributed by atoms with Crippen molar-refractivity contribution in [2.75, 3.05) is 19.7 Å². The van der Waals surface area contributed by atoms with Crippen molar-refractivity contribution >= 4 is 5.91 Å². The number of rotatable bonds is 3. The lowest BCUT2D eigenvalue weighted by atomic mass is 10.1. The second kappa shape index (κ2) is 6.32. The Bertz CT molecular complexity index is 646. The average Bonchev–Trinajstić information content (AvgIpc) is 3.07. The first kappa shape index (κ1) is 17.2. The van der Waals surface area contributed by atoms with Crippen LogP contribution in [0.5, 0.6) is 0 Å². The number of carbonyl (C=O) groups is 1. The van der Waals surface area contributed by atoms with Gasteiger partial charge in [0.1, 0.15) is 11.9 Å². The van der Waals surface area contributed by atoms with Crippen LogP contribution in [-0.4, -0.2) is 30.5 Å². The molecule has 3 rings (SSSR count). The molecule has 1 aliphatic carbocycles. The molecule has 1 aromatic carbocycles. The SMILES string of the molecule is CC(C)=C[C@@H]1[C@@H](C(=O)N2CCO[C@H](c3ccc(F)cc3)C2)C1(C)C. The zero-order valence-electron chi connectivity index (χ0n) is 14.9. The summed E-state index contributed by atoms with van der Waals surface area (Å²) in [6, 6.07) is 6.35. The smallest absolute Gasteiger partial charge is 0.227 e. The van der Waals surface area contributed by atoms with Gasteiger partial charge in [-0.25, -0.2) is 4.39 Å². The first-order valence-corrected chi connectivity index (χ1v) is 8.61. The van der Waals surface area contributed by atoms with Gasteiger partial charge in [0.05, 0.1) is 19.1 Å². The fourth-order valence-corrected chi connectivity index (χ4v) is 3.74. The van der Waals surface area contributed by atoms with E-state index >= 15 is 0 Å². The van der Waals surface area contributed by atoms with Crippen molar-refractivity contribution in [3.63, 3.8) is 0 Å². The Balaban J connectivity index is 1.70. The van der Waals surface area contributed by atoms with Gasteiger partial charge in [-0.15, -0.1) is 0 Å². The van der Waals surface area contributed by atoms with E-state index in [9.17, 15) is 9.18 Å². The lowest BCUT2D eigenvalue weighted by Gasteiger charge is -2.33. The topological polar surface area (TPSA) is 29.5 Å². The summed E-state index contributed by atoms with van der Waals surface area (Å²) in [5.41, 5.74) is 2.21. The van der Waals surface area contributed by atoms with E-state index in [0.717, 1.165) is 5.56 Å². The van der Waals surface area contributed by atoms with Crippen LogP contribution in [-0.2, 0) is 9.53 Å². The Hall–Kier alpha value is -1.68. The molecule has 0 N–H and O–H groups in total. The van der Waals surface area contributed by atoms with Gasteiger partial charge in [-0.1, -0.05) is 37.6 Å². The Morgan fingerprint density at radius 2 is 1.96 bits per heavy atom. The van der Waals surface area contributed by atoms with Gasteiger partial charge in [0, 0.05) is 6.54 Å². The molecule has 4 heteroatoms. The van der Waals surface area contributed by atoms with Gasteiger partial charge in [-0.3, -0.25) is 4.79 Å². The van der Waals surface area contributed by atoms with E-state index in [2.05, 4.69) is 33.8 Å². The predicted molar refractivity (Wildman–Crippen MR) is 91.9 cm³/mol. The van der Waals surface area contributed by atoms with Crippen molar-refractivity contribution in [2.24, 2.45) is 17.3 Å². The van der Waals surface area contributed by atoms with Crippen molar-refractivity contribution < 1.29 is 13.9 Å².